The van der Waals surface area contributed by atoms with Crippen LogP contribution in [0.1, 0.15) is 31.2 Å². The molecule has 5 heteroatoms. The van der Waals surface area contributed by atoms with Gasteiger partial charge in [-0.2, -0.15) is 0 Å². The maximum Gasteiger partial charge on any atom is 0.263 e. The van der Waals surface area contributed by atoms with Crippen molar-refractivity contribution in [2.75, 3.05) is 18.4 Å². The van der Waals surface area contributed by atoms with Gasteiger partial charge in [0.05, 0.1) is 5.69 Å². The molecule has 3 rings (SSSR count). The van der Waals surface area contributed by atoms with E-state index in [0.29, 0.717) is 0 Å². The highest BCUT2D eigenvalue weighted by Crippen LogP contribution is 2.27. The van der Waals surface area contributed by atoms with Crippen LogP contribution in [0.15, 0.2) is 42.7 Å². The van der Waals surface area contributed by atoms with Crippen molar-refractivity contribution in [3.63, 3.8) is 0 Å². The molecular weight excluding hydrogens is 310 g/mol. The van der Waals surface area contributed by atoms with E-state index in [-0.39, 0.29) is 0 Å². The first kappa shape index (κ1) is 17.0. The average Bonchev–Trinajstić information content (AvgIpc) is 2.99. The summed E-state index contributed by atoms with van der Waals surface area (Å²) in [5.41, 5.74) is 3.92. The molecule has 3 aromatic rings. The van der Waals surface area contributed by atoms with Crippen molar-refractivity contribution >= 4 is 11.5 Å². The highest BCUT2D eigenvalue weighted by molar-refractivity contribution is 5.74. The zero-order valence-corrected chi connectivity index (χ0v) is 14.7. The summed E-state index contributed by atoms with van der Waals surface area (Å²) in [7, 11) is 0. The minimum Gasteiger partial charge on any atom is -0.369 e. The molecule has 0 radical (unpaired) electrons. The largest absolute Gasteiger partial charge is 0.369 e. The van der Waals surface area contributed by atoms with E-state index in [2.05, 4.69) is 44.8 Å². The van der Waals surface area contributed by atoms with E-state index in [4.69, 9.17) is 11.6 Å². The molecule has 0 aromatic carbocycles. The molecule has 0 unspecified atom stereocenters. The molecule has 25 heavy (non-hydrogen) atoms. The molecule has 128 valence electrons. The van der Waals surface area contributed by atoms with Gasteiger partial charge in [0.2, 0.25) is 0 Å². The minimum absolute atomic E-state index is 0.754. The number of rotatable bonds is 8. The van der Waals surface area contributed by atoms with Gasteiger partial charge in [0.1, 0.15) is 17.2 Å². The molecule has 1 N–H and O–H groups in total. The van der Waals surface area contributed by atoms with Crippen molar-refractivity contribution in [1.82, 2.24) is 14.4 Å². The maximum absolute atomic E-state index is 5.17. The fraction of sp³-hybridized carbons (Fsp3) is 0.350. The lowest BCUT2D eigenvalue weighted by atomic mass is 10.2. The molecule has 0 fully saturated rings. The summed E-state index contributed by atoms with van der Waals surface area (Å²) in [6, 6.07) is 10.1. The number of nitrogens with one attached hydrogen (secondary N) is 1. The van der Waals surface area contributed by atoms with Crippen LogP contribution in [-0.2, 0) is 0 Å². The first-order valence-electron chi connectivity index (χ1n) is 8.80. The lowest BCUT2D eigenvalue weighted by Crippen LogP contribution is -2.05. The highest BCUT2D eigenvalue weighted by atomic mass is 15.1. The first-order valence-corrected chi connectivity index (χ1v) is 8.80. The first-order chi connectivity index (χ1) is 12.3. The third-order valence-electron chi connectivity index (χ3n) is 4.20. The van der Waals surface area contributed by atoms with Crippen LogP contribution >= 0.6 is 0 Å². The van der Waals surface area contributed by atoms with Gasteiger partial charge >= 0.3 is 0 Å². The van der Waals surface area contributed by atoms with Gasteiger partial charge in [-0.05, 0) is 49.6 Å². The number of aromatic nitrogens is 3. The van der Waals surface area contributed by atoms with Crippen LogP contribution in [-0.4, -0.2) is 27.5 Å². The predicted octanol–water partition coefficient (Wildman–Crippen LogP) is 4.64. The van der Waals surface area contributed by atoms with Crippen molar-refractivity contribution < 1.29 is 0 Å². The Bertz CT molecular complexity index is 861. The van der Waals surface area contributed by atoms with Crippen LogP contribution in [0.25, 0.3) is 21.9 Å². The number of unbranched alkanes of at least 4 members (excludes halogenated alkanes) is 3. The molecule has 0 bridgehead atoms. The number of pyridine rings is 2. The van der Waals surface area contributed by atoms with E-state index in [1.165, 1.54) is 5.56 Å². The number of anilines is 1. The highest BCUT2D eigenvalue weighted by Gasteiger charge is 2.14. The van der Waals surface area contributed by atoms with Crippen LogP contribution in [0.4, 0.5) is 5.82 Å². The molecule has 0 aliphatic heterocycles. The topological polar surface area (TPSA) is 46.6 Å². The van der Waals surface area contributed by atoms with E-state index in [1.54, 1.807) is 6.20 Å². The van der Waals surface area contributed by atoms with Crippen molar-refractivity contribution in [3.05, 3.63) is 53.1 Å². The number of hydrogen-bond acceptors (Lipinski definition) is 3. The van der Waals surface area contributed by atoms with E-state index in [1.807, 2.05) is 18.2 Å². The number of fused-ring (bicyclic) bond motifs is 1. The molecular formula is C20H24N5+. The summed E-state index contributed by atoms with van der Waals surface area (Å²) in [6.45, 7) is 8.90. The lowest BCUT2D eigenvalue weighted by Gasteiger charge is -2.08. The summed E-state index contributed by atoms with van der Waals surface area (Å²) in [6.07, 6.45) is 8.35. The Morgan fingerprint density at radius 2 is 2.04 bits per heavy atom. The second kappa shape index (κ2) is 8.29. The molecule has 5 nitrogen and oxygen atoms in total. The van der Waals surface area contributed by atoms with Crippen LogP contribution in [0.2, 0.25) is 0 Å². The molecule has 0 aliphatic carbocycles. The Labute approximate surface area is 148 Å². The van der Waals surface area contributed by atoms with Crippen LogP contribution in [0, 0.1) is 13.5 Å². The maximum atomic E-state index is 5.17. The number of hydrogen-bond donors (Lipinski definition) is 1. The molecule has 0 saturated heterocycles. The van der Waals surface area contributed by atoms with E-state index < -0.39 is 0 Å². The molecule has 0 aliphatic rings. The van der Waals surface area contributed by atoms with Gasteiger partial charge in [0.15, 0.2) is 0 Å². The van der Waals surface area contributed by atoms with Crippen molar-refractivity contribution in [2.45, 2.75) is 32.6 Å². The molecule has 0 amide bonds. The number of imidazole rings is 1. The van der Waals surface area contributed by atoms with Crippen molar-refractivity contribution in [2.24, 2.45) is 0 Å². The Morgan fingerprint density at radius 3 is 2.84 bits per heavy atom. The van der Waals surface area contributed by atoms with Crippen LogP contribution < -0.4 is 5.32 Å². The van der Waals surface area contributed by atoms with Crippen molar-refractivity contribution in [1.29, 1.82) is 0 Å². The molecule has 0 saturated carbocycles. The van der Waals surface area contributed by atoms with Crippen molar-refractivity contribution in [3.8, 4) is 18.0 Å². The molecule has 3 aromatic heterocycles. The quantitative estimate of drug-likeness (QED) is 0.610. The van der Waals surface area contributed by atoms with Gasteiger partial charge in [0, 0.05) is 25.4 Å². The second-order valence-electron chi connectivity index (χ2n) is 6.20. The Kier molecular flexibility index (Phi) is 5.63. The fourth-order valence-corrected chi connectivity index (χ4v) is 2.89. The number of nitrogens with zero attached hydrogens (tertiary/aromatic N) is 4. The molecule has 0 atom stereocenters. The fourth-order valence-electron chi connectivity index (χ4n) is 2.89. The smallest absolute Gasteiger partial charge is 0.263 e. The standard InChI is InChI=1S/C20H24N5/c1-16-10-14-25-18(15-16)24-19(17-9-5-8-12-22-17)20(25)23-13-7-4-3-6-11-21-2/h2,5,8-10,12,14-15,23H,3-4,6-7,11,13H2,1H3/q+1. The normalized spacial score (nSPS) is 10.7. The minimum atomic E-state index is 0.754. The summed E-state index contributed by atoms with van der Waals surface area (Å²) in [5, 5.41) is 3.56. The Hall–Kier alpha value is -2.87. The van der Waals surface area contributed by atoms with E-state index in [0.717, 1.165) is 61.6 Å². The zero-order valence-electron chi connectivity index (χ0n) is 14.7. The lowest BCUT2D eigenvalue weighted by molar-refractivity contribution is 0.677. The molecule has 0 spiro atoms. The second-order valence-corrected chi connectivity index (χ2v) is 6.20. The van der Waals surface area contributed by atoms with E-state index >= 15 is 0 Å². The van der Waals surface area contributed by atoms with Gasteiger partial charge in [-0.1, -0.05) is 17.3 Å². The number of aryl methyl sites for hydroxylation is 1. The van der Waals surface area contributed by atoms with Crippen LogP contribution in [0.5, 0.6) is 0 Å². The summed E-state index contributed by atoms with van der Waals surface area (Å²) in [5.74, 6) is 1.01. The monoisotopic (exact) mass is 334 g/mol. The summed E-state index contributed by atoms with van der Waals surface area (Å²) >= 11 is 0. The Morgan fingerprint density at radius 1 is 1.16 bits per heavy atom. The summed E-state index contributed by atoms with van der Waals surface area (Å²) in [4.78, 5) is 12.9. The third-order valence-corrected chi connectivity index (χ3v) is 4.20. The zero-order chi connectivity index (χ0) is 17.5. The van der Waals surface area contributed by atoms with Gasteiger partial charge in [0.25, 0.3) is 13.1 Å². The average molecular weight is 334 g/mol. The van der Waals surface area contributed by atoms with Gasteiger partial charge in [-0.15, -0.1) is 0 Å². The summed E-state index contributed by atoms with van der Waals surface area (Å²) < 4.78 is 2.10. The van der Waals surface area contributed by atoms with Gasteiger partial charge in [-0.25, -0.2) is 4.98 Å². The third kappa shape index (κ3) is 4.16. The van der Waals surface area contributed by atoms with Gasteiger partial charge in [-0.3, -0.25) is 9.38 Å². The molecule has 3 heterocycles. The predicted molar refractivity (Wildman–Crippen MR) is 103 cm³/mol. The van der Waals surface area contributed by atoms with Crippen LogP contribution in [0.3, 0.4) is 0 Å². The van der Waals surface area contributed by atoms with Gasteiger partial charge < -0.3 is 5.32 Å². The van der Waals surface area contributed by atoms with E-state index in [9.17, 15) is 0 Å². The Balaban J connectivity index is 1.77. The SMILES string of the molecule is C#[N+]CCCCCCNc1c(-c2ccccn2)nc2cc(C)ccn12.